The van der Waals surface area contributed by atoms with Crippen molar-refractivity contribution in [3.8, 4) is 22.7 Å². The van der Waals surface area contributed by atoms with Crippen LogP contribution in [0.4, 0.5) is 0 Å². The zero-order valence-corrected chi connectivity index (χ0v) is 31.9. The number of hydrogen-bond acceptors (Lipinski definition) is 6. The molecule has 0 saturated carbocycles. The van der Waals surface area contributed by atoms with Crippen LogP contribution in [0, 0.1) is 0 Å². The van der Waals surface area contributed by atoms with Crippen molar-refractivity contribution in [3.63, 3.8) is 0 Å². The molecule has 8 rings (SSSR count). The Labute approximate surface area is 325 Å². The lowest BCUT2D eigenvalue weighted by atomic mass is 9.77. The van der Waals surface area contributed by atoms with Crippen LogP contribution < -0.4 is 5.32 Å². The average Bonchev–Trinajstić information content (AvgIpc) is 3.92. The third-order valence-corrected chi connectivity index (χ3v) is 10.7. The molecule has 0 spiro atoms. The molecule has 0 atom stereocenters. The first-order valence-electron chi connectivity index (χ1n) is 17.7. The molecule has 54 heavy (non-hydrogen) atoms. The zero-order chi connectivity index (χ0) is 37.2. The van der Waals surface area contributed by atoms with Gasteiger partial charge in [0.2, 0.25) is 5.82 Å². The van der Waals surface area contributed by atoms with Gasteiger partial charge in [-0.05, 0) is 62.0 Å². The molecule has 0 unspecified atom stereocenters. The summed E-state index contributed by atoms with van der Waals surface area (Å²) in [5, 5.41) is 18.4. The van der Waals surface area contributed by atoms with Crippen molar-refractivity contribution < 1.29 is 9.21 Å². The predicted octanol–water partition coefficient (Wildman–Crippen LogP) is 9.57. The monoisotopic (exact) mass is 795 g/mol. The molecule has 268 valence electrons. The number of tetrazole rings is 1. The van der Waals surface area contributed by atoms with E-state index in [4.69, 9.17) is 31.4 Å². The van der Waals surface area contributed by atoms with E-state index < -0.39 is 5.54 Å². The van der Waals surface area contributed by atoms with E-state index >= 15 is 0 Å². The maximum atomic E-state index is 12.8. The van der Waals surface area contributed by atoms with Crippen molar-refractivity contribution in [1.29, 1.82) is 0 Å². The van der Waals surface area contributed by atoms with Gasteiger partial charge in [-0.3, -0.25) is 4.79 Å². The summed E-state index contributed by atoms with van der Waals surface area (Å²) in [4.78, 5) is 19.1. The second-order valence-corrected chi connectivity index (χ2v) is 14.1. The Balaban J connectivity index is 1.22. The largest absolute Gasteiger partial charge is 0.455 e. The van der Waals surface area contributed by atoms with Gasteiger partial charge in [-0.25, -0.2) is 4.98 Å². The van der Waals surface area contributed by atoms with Crippen LogP contribution in [-0.2, 0) is 18.5 Å². The van der Waals surface area contributed by atoms with Crippen LogP contribution in [0.3, 0.4) is 0 Å². The number of fused-ring (bicyclic) bond motifs is 1. The summed E-state index contributed by atoms with van der Waals surface area (Å²) in [5.74, 6) is 1.57. The molecule has 3 heterocycles. The van der Waals surface area contributed by atoms with E-state index in [1.165, 1.54) is 0 Å². The van der Waals surface area contributed by atoms with Crippen molar-refractivity contribution in [1.82, 2.24) is 35.1 Å². The summed E-state index contributed by atoms with van der Waals surface area (Å²) in [6, 6.07) is 44.7. The molecule has 0 bridgehead atoms. The summed E-state index contributed by atoms with van der Waals surface area (Å²) in [5.41, 5.74) is 5.66. The van der Waals surface area contributed by atoms with Gasteiger partial charge in [-0.2, -0.15) is 0 Å². The van der Waals surface area contributed by atoms with Crippen LogP contribution in [0.1, 0.15) is 51.9 Å². The Bertz CT molecular complexity index is 2490. The number of aryl methyl sites for hydroxylation is 1. The molecule has 0 radical (unpaired) electrons. The molecular formula is C43H35BrClN7O2. The number of aromatic nitrogens is 6. The lowest BCUT2D eigenvalue weighted by molar-refractivity contribution is 0.0954. The molecule has 1 N–H and O–H groups in total. The molecular weight excluding hydrogens is 762 g/mol. The van der Waals surface area contributed by atoms with Gasteiger partial charge < -0.3 is 14.3 Å². The first-order valence-corrected chi connectivity index (χ1v) is 18.9. The lowest BCUT2D eigenvalue weighted by Crippen LogP contribution is -2.39. The van der Waals surface area contributed by atoms with Crippen molar-refractivity contribution in [2.45, 2.75) is 31.8 Å². The number of imidazole rings is 1. The maximum Gasteiger partial charge on any atom is 0.270 e. The van der Waals surface area contributed by atoms with Crippen molar-refractivity contribution in [2.75, 3.05) is 7.05 Å². The van der Waals surface area contributed by atoms with Gasteiger partial charge in [-0.15, -0.1) is 15.0 Å². The Morgan fingerprint density at radius 1 is 0.833 bits per heavy atom. The van der Waals surface area contributed by atoms with Gasteiger partial charge in [0.1, 0.15) is 22.9 Å². The van der Waals surface area contributed by atoms with E-state index in [0.29, 0.717) is 35.8 Å². The quantitative estimate of drug-likeness (QED) is 0.131. The Kier molecular flexibility index (Phi) is 9.70. The summed E-state index contributed by atoms with van der Waals surface area (Å²) >= 11 is 10.3. The number of halogens is 2. The minimum atomic E-state index is -0.908. The number of rotatable bonds is 11. The van der Waals surface area contributed by atoms with Gasteiger partial charge in [-0.1, -0.05) is 140 Å². The van der Waals surface area contributed by atoms with E-state index in [1.54, 1.807) is 11.8 Å². The fraction of sp³-hybridized carbons (Fsp3) is 0.140. The summed E-state index contributed by atoms with van der Waals surface area (Å²) < 4.78 is 9.23. The van der Waals surface area contributed by atoms with Crippen LogP contribution in [0.15, 0.2) is 142 Å². The fourth-order valence-corrected chi connectivity index (χ4v) is 8.07. The number of carbonyl (C=O) groups is 1. The minimum Gasteiger partial charge on any atom is -0.455 e. The summed E-state index contributed by atoms with van der Waals surface area (Å²) in [6.45, 7) is 2.49. The lowest BCUT2D eigenvalue weighted by Gasteiger charge is -2.34. The average molecular weight is 797 g/mol. The SMILES string of the molecule is CCCc1nc(Cl)c(C(=O)NC)n1Cc1ccc2oc(-c3ccccc3-c3nnn(C(c4ccccc4)(c4ccccc4)c4ccccc4)n3)c(Br)c2c1. The predicted molar refractivity (Wildman–Crippen MR) is 214 cm³/mol. The van der Waals surface area contributed by atoms with Gasteiger partial charge in [0, 0.05) is 36.5 Å². The van der Waals surface area contributed by atoms with Crippen LogP contribution in [0.25, 0.3) is 33.7 Å². The second kappa shape index (κ2) is 14.9. The van der Waals surface area contributed by atoms with E-state index in [0.717, 1.165) is 55.5 Å². The van der Waals surface area contributed by atoms with E-state index in [1.807, 2.05) is 95.6 Å². The molecule has 8 aromatic rings. The smallest absolute Gasteiger partial charge is 0.270 e. The molecule has 9 nitrogen and oxygen atoms in total. The van der Waals surface area contributed by atoms with E-state index in [9.17, 15) is 4.79 Å². The molecule has 11 heteroatoms. The van der Waals surface area contributed by atoms with Gasteiger partial charge >= 0.3 is 0 Å². The molecule has 3 aromatic heterocycles. The van der Waals surface area contributed by atoms with Crippen molar-refractivity contribution in [2.24, 2.45) is 0 Å². The van der Waals surface area contributed by atoms with Crippen LogP contribution >= 0.6 is 27.5 Å². The Morgan fingerprint density at radius 2 is 1.43 bits per heavy atom. The Hall–Kier alpha value is -5.84. The first kappa shape index (κ1) is 35.2. The van der Waals surface area contributed by atoms with E-state index in [-0.39, 0.29) is 11.1 Å². The maximum absolute atomic E-state index is 12.8. The van der Waals surface area contributed by atoms with E-state index in [2.05, 4.69) is 75.6 Å². The number of furan rings is 1. The number of nitrogens with one attached hydrogen (secondary N) is 1. The highest BCUT2D eigenvalue weighted by Crippen LogP contribution is 2.43. The standard InChI is InChI=1S/C43H35BrClN7O2/c1-3-15-36-47-40(45)38(42(53)46-2)51(36)27-28-24-25-35-34(26-28)37(44)39(54-35)32-22-13-14-23-33(32)41-48-50-52(49-41)43(29-16-7-4-8-17-29,30-18-9-5-10-19-30)31-20-11-6-12-21-31/h4-14,16-26H,3,15,27H2,1-2H3,(H,46,53). The normalized spacial score (nSPS) is 11.6. The fourth-order valence-electron chi connectivity index (χ4n) is 7.18. The number of nitrogens with zero attached hydrogens (tertiary/aromatic N) is 6. The number of hydrogen-bond donors (Lipinski definition) is 1. The zero-order valence-electron chi connectivity index (χ0n) is 29.6. The molecule has 0 aliphatic heterocycles. The molecule has 0 aliphatic rings. The number of carbonyl (C=O) groups excluding carboxylic acids is 1. The van der Waals surface area contributed by atoms with Crippen LogP contribution in [-0.4, -0.2) is 42.7 Å². The summed E-state index contributed by atoms with van der Waals surface area (Å²) in [7, 11) is 1.59. The minimum absolute atomic E-state index is 0.196. The van der Waals surface area contributed by atoms with Gasteiger partial charge in [0.15, 0.2) is 10.7 Å². The highest BCUT2D eigenvalue weighted by atomic mass is 79.9. The van der Waals surface area contributed by atoms with Crippen LogP contribution in [0.2, 0.25) is 5.15 Å². The molecule has 0 saturated heterocycles. The molecule has 0 fully saturated rings. The Morgan fingerprint density at radius 3 is 2.02 bits per heavy atom. The highest BCUT2D eigenvalue weighted by Gasteiger charge is 2.41. The second-order valence-electron chi connectivity index (χ2n) is 12.9. The van der Waals surface area contributed by atoms with Crippen LogP contribution in [0.5, 0.6) is 0 Å². The highest BCUT2D eigenvalue weighted by molar-refractivity contribution is 9.10. The third-order valence-electron chi connectivity index (χ3n) is 9.65. The molecule has 0 aliphatic carbocycles. The number of amides is 1. The van der Waals surface area contributed by atoms with Crippen molar-refractivity contribution in [3.05, 3.63) is 177 Å². The number of benzene rings is 5. The van der Waals surface area contributed by atoms with Crippen molar-refractivity contribution >= 4 is 44.4 Å². The topological polar surface area (TPSA) is 104 Å². The first-order chi connectivity index (χ1) is 26.4. The van der Waals surface area contributed by atoms with Gasteiger partial charge in [0.05, 0.1) is 4.47 Å². The molecule has 5 aromatic carbocycles. The third kappa shape index (κ3) is 6.11. The van der Waals surface area contributed by atoms with Gasteiger partial charge in [0.25, 0.3) is 5.91 Å². The molecule has 1 amide bonds. The summed E-state index contributed by atoms with van der Waals surface area (Å²) in [6.07, 6.45) is 1.56.